The van der Waals surface area contributed by atoms with Crippen LogP contribution in [0.15, 0.2) is 42.5 Å². The van der Waals surface area contributed by atoms with Crippen molar-refractivity contribution in [3.05, 3.63) is 59.2 Å². The van der Waals surface area contributed by atoms with Crippen LogP contribution in [-0.4, -0.2) is 20.0 Å². The lowest BCUT2D eigenvalue weighted by Gasteiger charge is -2.09. The normalized spacial score (nSPS) is 19.6. The molecule has 0 saturated heterocycles. The third kappa shape index (κ3) is 2.71. The van der Waals surface area contributed by atoms with Gasteiger partial charge in [0.15, 0.2) is 5.78 Å². The van der Waals surface area contributed by atoms with E-state index in [0.717, 1.165) is 6.42 Å². The number of benzene rings is 2. The van der Waals surface area contributed by atoms with E-state index in [-0.39, 0.29) is 11.7 Å². The summed E-state index contributed by atoms with van der Waals surface area (Å²) in [5, 5.41) is 0. The zero-order chi connectivity index (χ0) is 15.7. The zero-order valence-corrected chi connectivity index (χ0v) is 13.1. The summed E-state index contributed by atoms with van der Waals surface area (Å²) < 4.78 is 10.5. The summed E-state index contributed by atoms with van der Waals surface area (Å²) in [7, 11) is 3.19. The molecule has 0 bridgehead atoms. The minimum Gasteiger partial charge on any atom is -0.497 e. The van der Waals surface area contributed by atoms with Crippen LogP contribution in [0, 0.1) is 12.8 Å². The van der Waals surface area contributed by atoms with Crippen molar-refractivity contribution in [2.45, 2.75) is 19.3 Å². The van der Waals surface area contributed by atoms with E-state index in [1.54, 1.807) is 32.4 Å². The van der Waals surface area contributed by atoms with Gasteiger partial charge in [-0.3, -0.25) is 4.79 Å². The van der Waals surface area contributed by atoms with Gasteiger partial charge in [0.1, 0.15) is 11.5 Å². The van der Waals surface area contributed by atoms with Crippen molar-refractivity contribution < 1.29 is 14.3 Å². The first-order valence-corrected chi connectivity index (χ1v) is 7.47. The lowest BCUT2D eigenvalue weighted by atomic mass is 10.0. The van der Waals surface area contributed by atoms with Crippen molar-refractivity contribution in [3.8, 4) is 11.5 Å². The fraction of sp³-hybridized carbons (Fsp3) is 0.316. The standard InChI is InChI=1S/C19H20O3/c1-12-4-6-13(7-5-12)15-11-16(15)19(20)17-10-14(21-2)8-9-18(17)22-3/h4-10,15-16H,11H2,1-3H3. The minimum absolute atomic E-state index is 0.0451. The molecule has 0 amide bonds. The molecule has 1 aliphatic carbocycles. The van der Waals surface area contributed by atoms with Crippen molar-refractivity contribution in [1.29, 1.82) is 0 Å². The molecule has 1 saturated carbocycles. The van der Waals surface area contributed by atoms with Crippen LogP contribution < -0.4 is 9.47 Å². The quantitative estimate of drug-likeness (QED) is 0.782. The lowest BCUT2D eigenvalue weighted by Crippen LogP contribution is -2.06. The Kier molecular flexibility index (Phi) is 3.88. The first-order chi connectivity index (χ1) is 10.6. The van der Waals surface area contributed by atoms with E-state index >= 15 is 0 Å². The number of carbonyl (C=O) groups is 1. The van der Waals surface area contributed by atoms with Crippen LogP contribution in [0.1, 0.15) is 33.8 Å². The summed E-state index contributed by atoms with van der Waals surface area (Å²) >= 11 is 0. The van der Waals surface area contributed by atoms with Gasteiger partial charge in [0.2, 0.25) is 0 Å². The molecule has 3 heteroatoms. The second-order valence-corrected chi connectivity index (χ2v) is 5.79. The molecule has 2 unspecified atom stereocenters. The first kappa shape index (κ1) is 14.6. The van der Waals surface area contributed by atoms with Crippen LogP contribution in [0.5, 0.6) is 11.5 Å². The summed E-state index contributed by atoms with van der Waals surface area (Å²) in [5.74, 6) is 1.80. The summed E-state index contributed by atoms with van der Waals surface area (Å²) in [6.45, 7) is 2.07. The Balaban J connectivity index is 1.82. The van der Waals surface area contributed by atoms with E-state index in [9.17, 15) is 4.79 Å². The number of hydrogen-bond acceptors (Lipinski definition) is 3. The number of ketones is 1. The molecule has 0 radical (unpaired) electrons. The number of rotatable bonds is 5. The topological polar surface area (TPSA) is 35.5 Å². The van der Waals surface area contributed by atoms with E-state index in [0.29, 0.717) is 23.0 Å². The van der Waals surface area contributed by atoms with Gasteiger partial charge in [-0.05, 0) is 43.0 Å². The number of Topliss-reactive ketones (excluding diaryl/α,β-unsaturated/α-hetero) is 1. The molecule has 2 atom stereocenters. The van der Waals surface area contributed by atoms with Crippen molar-refractivity contribution in [3.63, 3.8) is 0 Å². The highest BCUT2D eigenvalue weighted by molar-refractivity contribution is 6.03. The molecule has 0 heterocycles. The molecule has 0 aliphatic heterocycles. The number of ether oxygens (including phenoxy) is 2. The minimum atomic E-state index is 0.0451. The van der Waals surface area contributed by atoms with Crippen LogP contribution in [0.3, 0.4) is 0 Å². The predicted molar refractivity (Wildman–Crippen MR) is 85.9 cm³/mol. The Hall–Kier alpha value is -2.29. The smallest absolute Gasteiger partial charge is 0.170 e. The van der Waals surface area contributed by atoms with E-state index < -0.39 is 0 Å². The van der Waals surface area contributed by atoms with Crippen molar-refractivity contribution in [2.24, 2.45) is 5.92 Å². The zero-order valence-electron chi connectivity index (χ0n) is 13.1. The lowest BCUT2D eigenvalue weighted by molar-refractivity contribution is 0.0962. The van der Waals surface area contributed by atoms with Crippen LogP contribution in [0.25, 0.3) is 0 Å². The summed E-state index contributed by atoms with van der Waals surface area (Å²) in [6.07, 6.45) is 0.905. The van der Waals surface area contributed by atoms with Crippen molar-refractivity contribution in [2.75, 3.05) is 14.2 Å². The molecule has 0 aromatic heterocycles. The van der Waals surface area contributed by atoms with Gasteiger partial charge in [-0.25, -0.2) is 0 Å². The molecular formula is C19H20O3. The average molecular weight is 296 g/mol. The molecular weight excluding hydrogens is 276 g/mol. The Morgan fingerprint density at radius 2 is 1.77 bits per heavy atom. The largest absolute Gasteiger partial charge is 0.497 e. The average Bonchev–Trinajstić information content (AvgIpc) is 3.34. The van der Waals surface area contributed by atoms with Crippen molar-refractivity contribution >= 4 is 5.78 Å². The second-order valence-electron chi connectivity index (χ2n) is 5.79. The molecule has 2 aromatic rings. The highest BCUT2D eigenvalue weighted by Gasteiger charge is 2.44. The highest BCUT2D eigenvalue weighted by Crippen LogP contribution is 2.50. The molecule has 0 N–H and O–H groups in total. The second kappa shape index (κ2) is 5.84. The molecule has 1 fully saturated rings. The first-order valence-electron chi connectivity index (χ1n) is 7.47. The SMILES string of the molecule is COc1ccc(OC)c(C(=O)C2CC2c2ccc(C)cc2)c1. The van der Waals surface area contributed by atoms with Gasteiger partial charge >= 0.3 is 0 Å². The monoisotopic (exact) mass is 296 g/mol. The van der Waals surface area contributed by atoms with Crippen LogP contribution in [0.2, 0.25) is 0 Å². The van der Waals surface area contributed by atoms with Gasteiger partial charge in [0, 0.05) is 5.92 Å². The molecule has 2 aromatic carbocycles. The third-order valence-corrected chi connectivity index (χ3v) is 4.30. The number of aryl methyl sites for hydroxylation is 1. The summed E-state index contributed by atoms with van der Waals surface area (Å²) in [6, 6.07) is 13.8. The van der Waals surface area contributed by atoms with Gasteiger partial charge < -0.3 is 9.47 Å². The molecule has 22 heavy (non-hydrogen) atoms. The maximum absolute atomic E-state index is 12.8. The van der Waals surface area contributed by atoms with E-state index in [1.165, 1.54) is 11.1 Å². The number of methoxy groups -OCH3 is 2. The molecule has 3 rings (SSSR count). The van der Waals surface area contributed by atoms with E-state index in [1.807, 2.05) is 0 Å². The fourth-order valence-corrected chi connectivity index (χ4v) is 2.87. The van der Waals surface area contributed by atoms with Gasteiger partial charge in [0.05, 0.1) is 19.8 Å². The van der Waals surface area contributed by atoms with E-state index in [4.69, 9.17) is 9.47 Å². The highest BCUT2D eigenvalue weighted by atomic mass is 16.5. The van der Waals surface area contributed by atoms with Gasteiger partial charge in [0.25, 0.3) is 0 Å². The number of carbonyl (C=O) groups excluding carboxylic acids is 1. The summed E-state index contributed by atoms with van der Waals surface area (Å²) in [4.78, 5) is 12.8. The Bertz CT molecular complexity index is 688. The summed E-state index contributed by atoms with van der Waals surface area (Å²) in [5.41, 5.74) is 3.09. The van der Waals surface area contributed by atoms with Crippen LogP contribution >= 0.6 is 0 Å². The fourth-order valence-electron chi connectivity index (χ4n) is 2.87. The third-order valence-electron chi connectivity index (χ3n) is 4.30. The Labute approximate surface area is 130 Å². The Morgan fingerprint density at radius 1 is 1.05 bits per heavy atom. The predicted octanol–water partition coefficient (Wildman–Crippen LogP) is 4.00. The molecule has 1 aliphatic rings. The maximum atomic E-state index is 12.8. The van der Waals surface area contributed by atoms with Gasteiger partial charge in [-0.1, -0.05) is 29.8 Å². The van der Waals surface area contributed by atoms with Gasteiger partial charge in [-0.15, -0.1) is 0 Å². The van der Waals surface area contributed by atoms with Gasteiger partial charge in [-0.2, -0.15) is 0 Å². The van der Waals surface area contributed by atoms with Crippen LogP contribution in [-0.2, 0) is 0 Å². The van der Waals surface area contributed by atoms with E-state index in [2.05, 4.69) is 31.2 Å². The molecule has 114 valence electrons. The van der Waals surface area contributed by atoms with Crippen molar-refractivity contribution in [1.82, 2.24) is 0 Å². The Morgan fingerprint density at radius 3 is 2.41 bits per heavy atom. The molecule has 3 nitrogen and oxygen atoms in total. The molecule has 0 spiro atoms. The van der Waals surface area contributed by atoms with Crippen LogP contribution in [0.4, 0.5) is 0 Å². The maximum Gasteiger partial charge on any atom is 0.170 e. The number of hydrogen-bond donors (Lipinski definition) is 0.